The number of likely N-dealkylation sites (tertiary alicyclic amines) is 1. The fourth-order valence-corrected chi connectivity index (χ4v) is 2.69. The van der Waals surface area contributed by atoms with E-state index in [4.69, 9.17) is 0 Å². The van der Waals surface area contributed by atoms with Crippen molar-refractivity contribution in [2.24, 2.45) is 0 Å². The summed E-state index contributed by atoms with van der Waals surface area (Å²) in [6.45, 7) is 5.29. The molecule has 1 fully saturated rings. The van der Waals surface area contributed by atoms with Crippen LogP contribution in [0.2, 0.25) is 0 Å². The maximum Gasteiger partial charge on any atom is 0.0544 e. The Hall–Kier alpha value is -0.930. The lowest BCUT2D eigenvalue weighted by atomic mass is 10.0. The van der Waals surface area contributed by atoms with Crippen LogP contribution in [-0.2, 0) is 6.54 Å². The summed E-state index contributed by atoms with van der Waals surface area (Å²) >= 11 is 0. The lowest BCUT2D eigenvalue weighted by molar-refractivity contribution is 0.175. The molecule has 18 heavy (non-hydrogen) atoms. The monoisotopic (exact) mass is 247 g/mol. The average Bonchev–Trinajstić information content (AvgIpc) is 2.37. The van der Waals surface area contributed by atoms with Gasteiger partial charge in [0.2, 0.25) is 0 Å². The second-order valence-electron chi connectivity index (χ2n) is 5.37. The summed E-state index contributed by atoms with van der Waals surface area (Å²) in [5.74, 6) is 0. The lowest BCUT2D eigenvalue weighted by Crippen LogP contribution is -2.38. The second kappa shape index (κ2) is 6.86. The molecule has 1 unspecified atom stereocenters. The minimum absolute atomic E-state index is 0.775. The standard InChI is InChI=1S/C15H25N3/c1-13-6-5-7-14(17-13)12-16-10-9-15-8-3-4-11-18(15)2/h5-7,15-16H,3-4,8-12H2,1-2H3. The Bertz CT molecular complexity index is 365. The largest absolute Gasteiger partial charge is 0.311 e. The van der Waals surface area contributed by atoms with E-state index < -0.39 is 0 Å². The van der Waals surface area contributed by atoms with Crippen molar-refractivity contribution in [1.29, 1.82) is 0 Å². The Labute approximate surface area is 111 Å². The first-order chi connectivity index (χ1) is 8.75. The highest BCUT2D eigenvalue weighted by atomic mass is 15.1. The molecule has 1 saturated heterocycles. The Kier molecular flexibility index (Phi) is 5.14. The molecule has 0 amide bonds. The summed E-state index contributed by atoms with van der Waals surface area (Å²) in [7, 11) is 2.26. The highest BCUT2D eigenvalue weighted by Crippen LogP contribution is 2.17. The number of piperidine rings is 1. The van der Waals surface area contributed by atoms with E-state index in [2.05, 4.69) is 34.4 Å². The number of rotatable bonds is 5. The molecule has 1 aromatic rings. The zero-order valence-electron chi connectivity index (χ0n) is 11.7. The zero-order valence-corrected chi connectivity index (χ0v) is 11.7. The third-order valence-electron chi connectivity index (χ3n) is 3.83. The van der Waals surface area contributed by atoms with Crippen LogP contribution in [0.3, 0.4) is 0 Å². The molecule has 1 N–H and O–H groups in total. The van der Waals surface area contributed by atoms with Crippen molar-refractivity contribution in [2.45, 2.75) is 45.2 Å². The molecule has 0 radical (unpaired) electrons. The van der Waals surface area contributed by atoms with Crippen LogP contribution in [0.4, 0.5) is 0 Å². The lowest BCUT2D eigenvalue weighted by Gasteiger charge is -2.32. The molecule has 0 bridgehead atoms. The molecule has 100 valence electrons. The molecule has 1 atom stereocenters. The molecule has 1 aliphatic rings. The van der Waals surface area contributed by atoms with Crippen molar-refractivity contribution in [3.8, 4) is 0 Å². The number of nitrogens with zero attached hydrogens (tertiary/aromatic N) is 2. The van der Waals surface area contributed by atoms with E-state index in [1.54, 1.807) is 0 Å². The zero-order chi connectivity index (χ0) is 12.8. The molecule has 2 rings (SSSR count). The number of pyridine rings is 1. The molecule has 3 nitrogen and oxygen atoms in total. The van der Waals surface area contributed by atoms with Gasteiger partial charge >= 0.3 is 0 Å². The van der Waals surface area contributed by atoms with E-state index in [0.29, 0.717) is 0 Å². The van der Waals surface area contributed by atoms with Gasteiger partial charge in [0, 0.05) is 18.3 Å². The van der Waals surface area contributed by atoms with Gasteiger partial charge in [-0.05, 0) is 58.5 Å². The molecule has 0 aromatic carbocycles. The summed E-state index contributed by atoms with van der Waals surface area (Å²) in [4.78, 5) is 7.01. The first-order valence-electron chi connectivity index (χ1n) is 7.09. The number of hydrogen-bond acceptors (Lipinski definition) is 3. The van der Waals surface area contributed by atoms with Gasteiger partial charge in [-0.3, -0.25) is 4.98 Å². The van der Waals surface area contributed by atoms with E-state index in [1.807, 2.05) is 13.0 Å². The van der Waals surface area contributed by atoms with Gasteiger partial charge in [0.05, 0.1) is 5.69 Å². The Morgan fingerprint density at radius 1 is 1.39 bits per heavy atom. The first-order valence-corrected chi connectivity index (χ1v) is 7.09. The molecule has 0 aliphatic carbocycles. The minimum Gasteiger partial charge on any atom is -0.311 e. The summed E-state index contributed by atoms with van der Waals surface area (Å²) in [6, 6.07) is 6.98. The van der Waals surface area contributed by atoms with E-state index in [-0.39, 0.29) is 0 Å². The van der Waals surface area contributed by atoms with Gasteiger partial charge in [-0.25, -0.2) is 0 Å². The first kappa shape index (κ1) is 13.5. The van der Waals surface area contributed by atoms with Crippen LogP contribution in [0.1, 0.15) is 37.1 Å². The number of hydrogen-bond donors (Lipinski definition) is 1. The van der Waals surface area contributed by atoms with Gasteiger partial charge in [-0.2, -0.15) is 0 Å². The molecule has 1 aromatic heterocycles. The topological polar surface area (TPSA) is 28.2 Å². The second-order valence-corrected chi connectivity index (χ2v) is 5.37. The van der Waals surface area contributed by atoms with E-state index >= 15 is 0 Å². The third-order valence-corrected chi connectivity index (χ3v) is 3.83. The van der Waals surface area contributed by atoms with Gasteiger partial charge in [-0.1, -0.05) is 12.5 Å². The molecule has 0 saturated carbocycles. The van der Waals surface area contributed by atoms with Crippen LogP contribution < -0.4 is 5.32 Å². The fraction of sp³-hybridized carbons (Fsp3) is 0.667. The third kappa shape index (κ3) is 4.07. The smallest absolute Gasteiger partial charge is 0.0544 e. The van der Waals surface area contributed by atoms with Crippen molar-refractivity contribution in [2.75, 3.05) is 20.1 Å². The van der Waals surface area contributed by atoms with Crippen molar-refractivity contribution >= 4 is 0 Å². The normalized spacial score (nSPS) is 21.1. The van der Waals surface area contributed by atoms with Gasteiger partial charge < -0.3 is 10.2 Å². The fourth-order valence-electron chi connectivity index (χ4n) is 2.69. The van der Waals surface area contributed by atoms with Crippen LogP contribution in [0.15, 0.2) is 18.2 Å². The van der Waals surface area contributed by atoms with Gasteiger partial charge in [-0.15, -0.1) is 0 Å². The maximum atomic E-state index is 4.50. The molecular weight excluding hydrogens is 222 g/mol. The Morgan fingerprint density at radius 3 is 3.06 bits per heavy atom. The Balaban J connectivity index is 1.66. The van der Waals surface area contributed by atoms with Crippen LogP contribution in [-0.4, -0.2) is 36.1 Å². The predicted octanol–water partition coefficient (Wildman–Crippen LogP) is 2.35. The molecule has 1 aliphatic heterocycles. The van der Waals surface area contributed by atoms with Crippen molar-refractivity contribution in [1.82, 2.24) is 15.2 Å². The van der Waals surface area contributed by atoms with Gasteiger partial charge in [0.1, 0.15) is 0 Å². The molecule has 3 heteroatoms. The summed E-state index contributed by atoms with van der Waals surface area (Å²) in [6.07, 6.45) is 5.38. The number of aromatic nitrogens is 1. The van der Waals surface area contributed by atoms with Crippen LogP contribution in [0, 0.1) is 6.92 Å². The minimum atomic E-state index is 0.775. The van der Waals surface area contributed by atoms with Crippen molar-refractivity contribution < 1.29 is 0 Å². The van der Waals surface area contributed by atoms with Gasteiger partial charge in [0.25, 0.3) is 0 Å². The highest BCUT2D eigenvalue weighted by molar-refractivity contribution is 5.09. The number of nitrogens with one attached hydrogen (secondary N) is 1. The summed E-state index contributed by atoms with van der Waals surface area (Å²) in [5, 5.41) is 3.51. The molecular formula is C15H25N3. The summed E-state index contributed by atoms with van der Waals surface area (Å²) < 4.78 is 0. The quantitative estimate of drug-likeness (QED) is 0.810. The van der Waals surface area contributed by atoms with E-state index in [0.717, 1.165) is 30.5 Å². The van der Waals surface area contributed by atoms with E-state index in [9.17, 15) is 0 Å². The molecule has 0 spiro atoms. The van der Waals surface area contributed by atoms with E-state index in [1.165, 1.54) is 32.2 Å². The van der Waals surface area contributed by atoms with Crippen LogP contribution in [0.25, 0.3) is 0 Å². The average molecular weight is 247 g/mol. The SMILES string of the molecule is Cc1cccc(CNCCC2CCCCN2C)n1. The number of aryl methyl sites for hydroxylation is 1. The van der Waals surface area contributed by atoms with Gasteiger partial charge in [0.15, 0.2) is 0 Å². The predicted molar refractivity (Wildman–Crippen MR) is 75.6 cm³/mol. The van der Waals surface area contributed by atoms with Crippen molar-refractivity contribution in [3.05, 3.63) is 29.6 Å². The molecule has 2 heterocycles. The van der Waals surface area contributed by atoms with Crippen molar-refractivity contribution in [3.63, 3.8) is 0 Å². The van der Waals surface area contributed by atoms with Crippen LogP contribution in [0.5, 0.6) is 0 Å². The van der Waals surface area contributed by atoms with Crippen LogP contribution >= 0.6 is 0 Å². The Morgan fingerprint density at radius 2 is 2.28 bits per heavy atom. The maximum absolute atomic E-state index is 4.50. The highest BCUT2D eigenvalue weighted by Gasteiger charge is 2.17. The summed E-state index contributed by atoms with van der Waals surface area (Å²) in [5.41, 5.74) is 2.24.